The molecule has 2 unspecified atom stereocenters. The van der Waals surface area contributed by atoms with E-state index in [0.717, 1.165) is 53.5 Å². The molecule has 2 N–H and O–H groups in total. The molecule has 4 heterocycles. The van der Waals surface area contributed by atoms with Gasteiger partial charge in [0.2, 0.25) is 5.91 Å². The minimum absolute atomic E-state index is 0.0583. The van der Waals surface area contributed by atoms with Crippen molar-refractivity contribution in [1.29, 1.82) is 0 Å². The molecule has 3 aliphatic heterocycles. The molecule has 6 rings (SSSR count). The number of carbonyl (C=O) groups is 2. The molecule has 3 aromatic rings. The van der Waals surface area contributed by atoms with Crippen LogP contribution >= 0.6 is 11.8 Å². The number of aromatic nitrogens is 1. The molecule has 0 saturated carbocycles. The summed E-state index contributed by atoms with van der Waals surface area (Å²) in [5.41, 5.74) is 3.23. The van der Waals surface area contributed by atoms with Gasteiger partial charge in [-0.25, -0.2) is 9.78 Å². The molecule has 3 aliphatic rings. The van der Waals surface area contributed by atoms with Crippen LogP contribution in [0.25, 0.3) is 0 Å². The molecule has 39 heavy (non-hydrogen) atoms. The van der Waals surface area contributed by atoms with Gasteiger partial charge < -0.3 is 25.0 Å². The zero-order chi connectivity index (χ0) is 27.1. The van der Waals surface area contributed by atoms with Gasteiger partial charge in [-0.1, -0.05) is 23.9 Å². The first-order valence-corrected chi connectivity index (χ1v) is 14.0. The fourth-order valence-corrected chi connectivity index (χ4v) is 6.84. The third-order valence-corrected chi connectivity index (χ3v) is 8.73. The highest BCUT2D eigenvalue weighted by atomic mass is 32.2. The minimum atomic E-state index is -0.468. The van der Waals surface area contributed by atoms with Crippen molar-refractivity contribution in [3.63, 3.8) is 0 Å². The van der Waals surface area contributed by atoms with E-state index in [2.05, 4.69) is 27.6 Å². The summed E-state index contributed by atoms with van der Waals surface area (Å²) in [5.74, 6) is 1.83. The van der Waals surface area contributed by atoms with E-state index >= 15 is 0 Å². The van der Waals surface area contributed by atoms with Crippen LogP contribution in [0.2, 0.25) is 0 Å². The van der Waals surface area contributed by atoms with Gasteiger partial charge in [0.25, 0.3) is 0 Å². The molecule has 0 aliphatic carbocycles. The summed E-state index contributed by atoms with van der Waals surface area (Å²) < 4.78 is 11.5. The number of methoxy groups -OCH3 is 1. The molecule has 202 valence electrons. The lowest BCUT2D eigenvalue weighted by Gasteiger charge is -2.35. The number of rotatable bonds is 6. The summed E-state index contributed by atoms with van der Waals surface area (Å²) in [6.07, 6.45) is 3.72. The van der Waals surface area contributed by atoms with Gasteiger partial charge in [-0.3, -0.25) is 9.69 Å². The van der Waals surface area contributed by atoms with Gasteiger partial charge in [0.05, 0.1) is 24.5 Å². The molecule has 9 nitrogen and oxygen atoms in total. The van der Waals surface area contributed by atoms with E-state index in [1.54, 1.807) is 18.2 Å². The molecule has 1 aromatic heterocycles. The summed E-state index contributed by atoms with van der Waals surface area (Å²) in [6, 6.07) is 14.3. The smallest absolute Gasteiger partial charge is 0.327 e. The number of benzene rings is 2. The molecule has 1 fully saturated rings. The lowest BCUT2D eigenvalue weighted by molar-refractivity contribution is -0.122. The standard InChI is InChI=1S/C29H31N5O4S/c1-17-15-19(38-23-9-5-4-8-22(23)37-3)10-11-20(17)34-21-12-13-30-28-24(21)25(32-29(34)36)26(39-28)27(35)31-18-7-6-14-33(2)16-18/h4-5,8-13,15,18,25-26H,6-7,14,16H2,1-3H3,(H,31,35)(H,32,36)/t18?,25?,26-/m1/s1. The number of piperidine rings is 1. The van der Waals surface area contributed by atoms with Crippen molar-refractivity contribution in [3.05, 3.63) is 65.9 Å². The van der Waals surface area contributed by atoms with Crippen LogP contribution in [0.3, 0.4) is 0 Å². The fraction of sp³-hybridized carbons (Fsp3) is 0.345. The zero-order valence-corrected chi connectivity index (χ0v) is 23.0. The number of anilines is 2. The molecule has 3 amide bonds. The maximum Gasteiger partial charge on any atom is 0.327 e. The van der Waals surface area contributed by atoms with Crippen molar-refractivity contribution in [3.8, 4) is 17.2 Å². The van der Waals surface area contributed by atoms with E-state index in [1.807, 2.05) is 55.5 Å². The number of thioether (sulfide) groups is 1. The SMILES string of the molecule is COc1ccccc1Oc1ccc(N2C(=O)NC3c4c2ccnc4S[C@H]3C(=O)NC2CCCN(C)C2)c(C)c1. The third kappa shape index (κ3) is 4.79. The fourth-order valence-electron chi connectivity index (χ4n) is 5.60. The molecule has 0 spiro atoms. The Bertz CT molecular complexity index is 1430. The summed E-state index contributed by atoms with van der Waals surface area (Å²) >= 11 is 1.42. The monoisotopic (exact) mass is 545 g/mol. The van der Waals surface area contributed by atoms with Crippen molar-refractivity contribution in [1.82, 2.24) is 20.5 Å². The number of pyridine rings is 1. The van der Waals surface area contributed by atoms with E-state index < -0.39 is 11.3 Å². The Hall–Kier alpha value is -3.76. The maximum absolute atomic E-state index is 13.6. The summed E-state index contributed by atoms with van der Waals surface area (Å²) in [4.78, 5) is 35.4. The highest BCUT2D eigenvalue weighted by Gasteiger charge is 2.47. The number of urea groups is 1. The Morgan fingerprint density at radius 3 is 2.74 bits per heavy atom. The second-order valence-corrected chi connectivity index (χ2v) is 11.3. The zero-order valence-electron chi connectivity index (χ0n) is 22.1. The van der Waals surface area contributed by atoms with Crippen LogP contribution in [0.5, 0.6) is 17.2 Å². The van der Waals surface area contributed by atoms with Crippen LogP contribution in [-0.2, 0) is 4.79 Å². The van der Waals surface area contributed by atoms with E-state index in [0.29, 0.717) is 17.2 Å². The van der Waals surface area contributed by atoms with Crippen LogP contribution in [0.1, 0.15) is 30.0 Å². The van der Waals surface area contributed by atoms with Crippen LogP contribution in [-0.4, -0.2) is 60.4 Å². The molecule has 0 bridgehead atoms. The van der Waals surface area contributed by atoms with Gasteiger partial charge in [-0.2, -0.15) is 0 Å². The maximum atomic E-state index is 13.6. The average molecular weight is 546 g/mol. The largest absolute Gasteiger partial charge is 0.493 e. The van der Waals surface area contributed by atoms with Gasteiger partial charge in [0.1, 0.15) is 16.0 Å². The number of nitrogens with one attached hydrogen (secondary N) is 2. The van der Waals surface area contributed by atoms with Gasteiger partial charge in [-0.15, -0.1) is 0 Å². The number of likely N-dealkylation sites (tertiary alicyclic amines) is 1. The lowest BCUT2D eigenvalue weighted by atomic mass is 9.98. The molecular formula is C29H31N5O4S. The first kappa shape index (κ1) is 25.5. The number of amides is 3. The molecular weight excluding hydrogens is 514 g/mol. The molecule has 1 saturated heterocycles. The highest BCUT2D eigenvalue weighted by Crippen LogP contribution is 2.51. The Morgan fingerprint density at radius 1 is 1.15 bits per heavy atom. The first-order chi connectivity index (χ1) is 18.9. The third-order valence-electron chi connectivity index (χ3n) is 7.44. The number of aryl methyl sites for hydroxylation is 1. The number of ether oxygens (including phenoxy) is 2. The van der Waals surface area contributed by atoms with Crippen LogP contribution < -0.4 is 25.0 Å². The number of nitrogens with zero attached hydrogens (tertiary/aromatic N) is 3. The average Bonchev–Trinajstić information content (AvgIpc) is 3.29. The van der Waals surface area contributed by atoms with Crippen molar-refractivity contribution in [2.24, 2.45) is 0 Å². The first-order valence-electron chi connectivity index (χ1n) is 13.1. The van der Waals surface area contributed by atoms with E-state index in [-0.39, 0.29) is 18.0 Å². The minimum Gasteiger partial charge on any atom is -0.493 e. The highest BCUT2D eigenvalue weighted by molar-refractivity contribution is 8.01. The lowest BCUT2D eigenvalue weighted by Crippen LogP contribution is -2.52. The van der Waals surface area contributed by atoms with Crippen molar-refractivity contribution in [2.45, 2.75) is 42.1 Å². The van der Waals surface area contributed by atoms with Crippen LogP contribution in [0.4, 0.5) is 16.2 Å². The molecule has 0 radical (unpaired) electrons. The van der Waals surface area contributed by atoms with E-state index in [4.69, 9.17) is 9.47 Å². The molecule has 10 heteroatoms. The van der Waals surface area contributed by atoms with Crippen LogP contribution in [0.15, 0.2) is 59.8 Å². The molecule has 3 atom stereocenters. The van der Waals surface area contributed by atoms with Crippen molar-refractivity contribution >= 4 is 35.1 Å². The Labute approximate surface area is 231 Å². The Balaban J connectivity index is 1.26. The predicted molar refractivity (Wildman–Crippen MR) is 150 cm³/mol. The van der Waals surface area contributed by atoms with Gasteiger partial charge in [0, 0.05) is 24.3 Å². The summed E-state index contributed by atoms with van der Waals surface area (Å²) in [6.45, 7) is 3.82. The normalized spacial score (nSPS) is 22.2. The number of hydrogen-bond acceptors (Lipinski definition) is 7. The number of carbonyl (C=O) groups excluding carboxylic acids is 2. The second kappa shape index (κ2) is 10.4. The summed E-state index contributed by atoms with van der Waals surface area (Å²) in [5, 5.41) is 6.63. The Morgan fingerprint density at radius 2 is 1.97 bits per heavy atom. The Kier molecular flexibility index (Phi) is 6.82. The van der Waals surface area contributed by atoms with Gasteiger partial charge >= 0.3 is 6.03 Å². The summed E-state index contributed by atoms with van der Waals surface area (Å²) in [7, 11) is 3.68. The van der Waals surface area contributed by atoms with Gasteiger partial charge in [-0.05, 0) is 75.3 Å². The van der Waals surface area contributed by atoms with Crippen molar-refractivity contribution in [2.75, 3.05) is 32.1 Å². The van der Waals surface area contributed by atoms with Crippen LogP contribution in [0, 0.1) is 6.92 Å². The second-order valence-electron chi connectivity index (χ2n) is 10.2. The number of para-hydroxylation sites is 2. The quantitative estimate of drug-likeness (QED) is 0.460. The topological polar surface area (TPSA) is 96.0 Å². The molecule has 2 aromatic carbocycles. The predicted octanol–water partition coefficient (Wildman–Crippen LogP) is 4.78. The number of hydrogen-bond donors (Lipinski definition) is 2. The van der Waals surface area contributed by atoms with Gasteiger partial charge in [0.15, 0.2) is 11.5 Å². The number of likely N-dealkylation sites (N-methyl/N-ethyl adjacent to an activating group) is 1. The van der Waals surface area contributed by atoms with E-state index in [9.17, 15) is 9.59 Å². The van der Waals surface area contributed by atoms with E-state index in [1.165, 1.54) is 11.8 Å². The van der Waals surface area contributed by atoms with Crippen molar-refractivity contribution < 1.29 is 19.1 Å².